The van der Waals surface area contributed by atoms with Gasteiger partial charge < -0.3 is 10.1 Å². The number of nitrogens with zero attached hydrogens (tertiary/aromatic N) is 1. The first-order valence-electron chi connectivity index (χ1n) is 9.46. The quantitative estimate of drug-likeness (QED) is 0.723. The second-order valence-corrected chi connectivity index (χ2v) is 8.92. The van der Waals surface area contributed by atoms with E-state index >= 15 is 0 Å². The summed E-state index contributed by atoms with van der Waals surface area (Å²) in [6.07, 6.45) is 1.75. The second-order valence-electron chi connectivity index (χ2n) is 7.01. The lowest BCUT2D eigenvalue weighted by Gasteiger charge is -2.18. The predicted molar refractivity (Wildman–Crippen MR) is 108 cm³/mol. The number of aryl methyl sites for hydroxylation is 2. The highest BCUT2D eigenvalue weighted by atomic mass is 32.2. The number of carbonyl (C=O) groups is 1. The van der Waals surface area contributed by atoms with Crippen molar-refractivity contribution in [3.8, 4) is 5.75 Å². The van der Waals surface area contributed by atoms with Gasteiger partial charge in [-0.15, -0.1) is 0 Å². The topological polar surface area (TPSA) is 75.7 Å². The summed E-state index contributed by atoms with van der Waals surface area (Å²) in [5.74, 6) is 0.430. The monoisotopic (exact) mass is 402 g/mol. The van der Waals surface area contributed by atoms with Gasteiger partial charge in [-0.25, -0.2) is 8.42 Å². The molecule has 1 fully saturated rings. The fourth-order valence-electron chi connectivity index (χ4n) is 3.16. The first-order chi connectivity index (χ1) is 13.4. The lowest BCUT2D eigenvalue weighted by atomic mass is 10.1. The van der Waals surface area contributed by atoms with Gasteiger partial charge in [0, 0.05) is 18.7 Å². The maximum absolute atomic E-state index is 12.8. The second kappa shape index (κ2) is 8.75. The number of hydrogen-bond acceptors (Lipinski definition) is 4. The molecule has 2 aromatic rings. The van der Waals surface area contributed by atoms with Gasteiger partial charge in [0.15, 0.2) is 0 Å². The Balaban J connectivity index is 1.61. The van der Waals surface area contributed by atoms with Gasteiger partial charge in [-0.3, -0.25) is 4.79 Å². The lowest BCUT2D eigenvalue weighted by molar-refractivity contribution is 0.0947. The molecule has 0 spiro atoms. The molecule has 1 aliphatic heterocycles. The van der Waals surface area contributed by atoms with Gasteiger partial charge in [0.25, 0.3) is 5.91 Å². The first kappa shape index (κ1) is 20.4. The summed E-state index contributed by atoms with van der Waals surface area (Å²) in [5, 5.41) is 2.78. The Bertz CT molecular complexity index is 933. The molecule has 150 valence electrons. The maximum atomic E-state index is 12.8. The van der Waals surface area contributed by atoms with Gasteiger partial charge in [-0.1, -0.05) is 23.8 Å². The number of amides is 1. The summed E-state index contributed by atoms with van der Waals surface area (Å²) in [4.78, 5) is 12.6. The van der Waals surface area contributed by atoms with Crippen molar-refractivity contribution in [1.82, 2.24) is 9.62 Å². The molecule has 1 saturated heterocycles. The molecule has 6 nitrogen and oxygen atoms in total. The van der Waals surface area contributed by atoms with Crippen molar-refractivity contribution in [2.24, 2.45) is 0 Å². The van der Waals surface area contributed by atoms with E-state index in [2.05, 4.69) is 5.32 Å². The van der Waals surface area contributed by atoms with Gasteiger partial charge in [0.2, 0.25) is 10.0 Å². The van der Waals surface area contributed by atoms with E-state index in [1.54, 1.807) is 19.1 Å². The normalized spacial score (nSPS) is 14.8. The van der Waals surface area contributed by atoms with Crippen LogP contribution in [0.1, 0.15) is 34.3 Å². The molecule has 0 bridgehead atoms. The first-order valence-corrected chi connectivity index (χ1v) is 10.9. The van der Waals surface area contributed by atoms with Crippen molar-refractivity contribution in [3.05, 3.63) is 59.2 Å². The third-order valence-electron chi connectivity index (χ3n) is 4.81. The molecule has 0 unspecified atom stereocenters. The number of nitrogens with one attached hydrogen (secondary N) is 1. The van der Waals surface area contributed by atoms with E-state index in [0.717, 1.165) is 24.2 Å². The summed E-state index contributed by atoms with van der Waals surface area (Å²) in [7, 11) is -3.56. The molecule has 0 aromatic heterocycles. The molecule has 1 heterocycles. The summed E-state index contributed by atoms with van der Waals surface area (Å²) in [6.45, 7) is 5.49. The van der Waals surface area contributed by atoms with Crippen molar-refractivity contribution in [3.63, 3.8) is 0 Å². The Morgan fingerprint density at radius 3 is 2.43 bits per heavy atom. The highest BCUT2D eigenvalue weighted by molar-refractivity contribution is 7.89. The predicted octanol–water partition coefficient (Wildman–Crippen LogP) is 2.90. The van der Waals surface area contributed by atoms with Gasteiger partial charge >= 0.3 is 0 Å². The van der Waals surface area contributed by atoms with Crippen LogP contribution >= 0.6 is 0 Å². The third kappa shape index (κ3) is 4.72. The molecule has 3 rings (SSSR count). The highest BCUT2D eigenvalue weighted by Gasteiger charge is 2.29. The van der Waals surface area contributed by atoms with Gasteiger partial charge in [0.1, 0.15) is 12.4 Å². The smallest absolute Gasteiger partial charge is 0.251 e. The molecule has 7 heteroatoms. The summed E-state index contributed by atoms with van der Waals surface area (Å²) >= 11 is 0. The Hall–Kier alpha value is -2.38. The van der Waals surface area contributed by atoms with Gasteiger partial charge in [-0.05, 0) is 56.5 Å². The zero-order valence-electron chi connectivity index (χ0n) is 16.3. The Morgan fingerprint density at radius 1 is 1.07 bits per heavy atom. The Labute approximate surface area is 166 Å². The molecule has 28 heavy (non-hydrogen) atoms. The van der Waals surface area contributed by atoms with E-state index in [1.165, 1.54) is 10.4 Å². The summed E-state index contributed by atoms with van der Waals surface area (Å²) in [6, 6.07) is 12.5. The van der Waals surface area contributed by atoms with Crippen LogP contribution in [-0.4, -0.2) is 44.9 Å². The number of carbonyl (C=O) groups excluding carboxylic acids is 1. The van der Waals surface area contributed by atoms with Gasteiger partial charge in [-0.2, -0.15) is 4.31 Å². The number of sulfonamides is 1. The minimum atomic E-state index is -3.56. The maximum Gasteiger partial charge on any atom is 0.251 e. The van der Waals surface area contributed by atoms with Crippen LogP contribution in [0.4, 0.5) is 0 Å². The van der Waals surface area contributed by atoms with E-state index in [-0.39, 0.29) is 10.8 Å². The minimum absolute atomic E-state index is 0.206. The van der Waals surface area contributed by atoms with Crippen molar-refractivity contribution >= 4 is 15.9 Å². The molecule has 0 atom stereocenters. The van der Waals surface area contributed by atoms with E-state index < -0.39 is 10.0 Å². The van der Waals surface area contributed by atoms with Crippen LogP contribution in [-0.2, 0) is 10.0 Å². The van der Waals surface area contributed by atoms with Crippen LogP contribution in [0, 0.1) is 13.8 Å². The molecule has 0 aliphatic carbocycles. The van der Waals surface area contributed by atoms with E-state index in [9.17, 15) is 13.2 Å². The van der Waals surface area contributed by atoms with Crippen molar-refractivity contribution in [2.45, 2.75) is 31.6 Å². The average Bonchev–Trinajstić information content (AvgIpc) is 3.22. The van der Waals surface area contributed by atoms with Crippen LogP contribution in [0.25, 0.3) is 0 Å². The molecule has 0 saturated carbocycles. The standard InChI is InChI=1S/C21H26N2O4S/c1-16-5-9-19(10-6-16)27-14-11-22-21(24)18-8-7-17(2)20(15-18)28(25,26)23-12-3-4-13-23/h5-10,15H,3-4,11-14H2,1-2H3,(H,22,24). The highest BCUT2D eigenvalue weighted by Crippen LogP contribution is 2.24. The van der Waals surface area contributed by atoms with Crippen molar-refractivity contribution in [1.29, 1.82) is 0 Å². The number of ether oxygens (including phenoxy) is 1. The molecular formula is C21H26N2O4S. The van der Waals surface area contributed by atoms with Crippen LogP contribution in [0.2, 0.25) is 0 Å². The third-order valence-corrected chi connectivity index (χ3v) is 6.85. The van der Waals surface area contributed by atoms with E-state index in [1.807, 2.05) is 31.2 Å². The lowest BCUT2D eigenvalue weighted by Crippen LogP contribution is -2.30. The molecule has 2 aromatic carbocycles. The SMILES string of the molecule is Cc1ccc(OCCNC(=O)c2ccc(C)c(S(=O)(=O)N3CCCC3)c2)cc1. The number of rotatable bonds is 7. The molecule has 0 radical (unpaired) electrons. The molecule has 1 N–H and O–H groups in total. The van der Waals surface area contributed by atoms with E-state index in [4.69, 9.17) is 4.74 Å². The minimum Gasteiger partial charge on any atom is -0.492 e. The number of hydrogen-bond donors (Lipinski definition) is 1. The summed E-state index contributed by atoms with van der Waals surface area (Å²) in [5.41, 5.74) is 2.13. The fraction of sp³-hybridized carbons (Fsp3) is 0.381. The van der Waals surface area contributed by atoms with Crippen molar-refractivity contribution < 1.29 is 17.9 Å². The Morgan fingerprint density at radius 2 is 1.75 bits per heavy atom. The van der Waals surface area contributed by atoms with Crippen LogP contribution < -0.4 is 10.1 Å². The van der Waals surface area contributed by atoms with Crippen LogP contribution in [0.5, 0.6) is 5.75 Å². The molecular weight excluding hydrogens is 376 g/mol. The summed E-state index contributed by atoms with van der Waals surface area (Å²) < 4.78 is 32.8. The van der Waals surface area contributed by atoms with Crippen LogP contribution in [0.3, 0.4) is 0 Å². The average molecular weight is 403 g/mol. The number of benzene rings is 2. The largest absolute Gasteiger partial charge is 0.492 e. The fourth-order valence-corrected chi connectivity index (χ4v) is 4.92. The zero-order valence-corrected chi connectivity index (χ0v) is 17.1. The van der Waals surface area contributed by atoms with Crippen LogP contribution in [0.15, 0.2) is 47.4 Å². The van der Waals surface area contributed by atoms with Gasteiger partial charge in [0.05, 0.1) is 11.4 Å². The Kier molecular flexibility index (Phi) is 6.36. The van der Waals surface area contributed by atoms with E-state index in [0.29, 0.717) is 37.4 Å². The molecule has 1 aliphatic rings. The zero-order chi connectivity index (χ0) is 20.1. The van der Waals surface area contributed by atoms with Crippen molar-refractivity contribution in [2.75, 3.05) is 26.2 Å². The molecule has 1 amide bonds.